The van der Waals surface area contributed by atoms with Crippen molar-refractivity contribution >= 4 is 11.6 Å². The molecule has 0 saturated carbocycles. The molecule has 2 aromatic rings. The van der Waals surface area contributed by atoms with Crippen LogP contribution in [0.3, 0.4) is 0 Å². The van der Waals surface area contributed by atoms with Gasteiger partial charge >= 0.3 is 0 Å². The van der Waals surface area contributed by atoms with Crippen molar-refractivity contribution in [2.24, 2.45) is 10.7 Å². The van der Waals surface area contributed by atoms with E-state index in [0.29, 0.717) is 12.5 Å². The largest absolute Gasteiger partial charge is 0.497 e. The second kappa shape index (κ2) is 5.82. The average molecular weight is 286 g/mol. The summed E-state index contributed by atoms with van der Waals surface area (Å²) in [5.74, 6) is 3.01. The Morgan fingerprint density at radius 2 is 2.38 bits per heavy atom. The van der Waals surface area contributed by atoms with Crippen LogP contribution in [0.4, 0.5) is 5.69 Å². The average Bonchev–Trinajstić information content (AvgIpc) is 3.09. The number of ether oxygens (including phenoxy) is 1. The summed E-state index contributed by atoms with van der Waals surface area (Å²) >= 11 is 0. The molecule has 21 heavy (non-hydrogen) atoms. The first-order valence-corrected chi connectivity index (χ1v) is 6.88. The molecule has 110 valence electrons. The highest BCUT2D eigenvalue weighted by molar-refractivity contribution is 5.92. The fraction of sp³-hybridized carbons (Fsp3) is 0.357. The molecule has 0 radical (unpaired) electrons. The van der Waals surface area contributed by atoms with E-state index in [1.807, 2.05) is 24.3 Å². The van der Waals surface area contributed by atoms with E-state index in [0.717, 1.165) is 42.5 Å². The summed E-state index contributed by atoms with van der Waals surface area (Å²) in [5.41, 5.74) is 6.73. The molecule has 0 atom stereocenters. The molecular formula is C14H18N6O. The number of fused-ring (bicyclic) bond motifs is 1. The van der Waals surface area contributed by atoms with Crippen LogP contribution in [0, 0.1) is 0 Å². The minimum atomic E-state index is 0.346. The third-order valence-corrected chi connectivity index (χ3v) is 3.42. The SMILES string of the molecule is COc1cccc(NC(N)=NCc2nnc3n2CCC3)c1. The first kappa shape index (κ1) is 13.4. The van der Waals surface area contributed by atoms with Crippen molar-refractivity contribution in [3.8, 4) is 5.75 Å². The van der Waals surface area contributed by atoms with E-state index >= 15 is 0 Å². The Labute approximate surface area is 122 Å². The van der Waals surface area contributed by atoms with Crippen LogP contribution >= 0.6 is 0 Å². The smallest absolute Gasteiger partial charge is 0.193 e. The van der Waals surface area contributed by atoms with Crippen molar-refractivity contribution < 1.29 is 4.74 Å². The molecule has 0 unspecified atom stereocenters. The van der Waals surface area contributed by atoms with Gasteiger partial charge in [-0.3, -0.25) is 0 Å². The normalized spacial score (nSPS) is 14.0. The van der Waals surface area contributed by atoms with E-state index in [1.54, 1.807) is 7.11 Å². The first-order valence-electron chi connectivity index (χ1n) is 6.88. The van der Waals surface area contributed by atoms with Gasteiger partial charge in [0.05, 0.1) is 7.11 Å². The highest BCUT2D eigenvalue weighted by atomic mass is 16.5. The minimum absolute atomic E-state index is 0.346. The van der Waals surface area contributed by atoms with Crippen molar-refractivity contribution in [2.45, 2.75) is 25.9 Å². The number of aromatic nitrogens is 3. The maximum atomic E-state index is 5.90. The standard InChI is InChI=1S/C14H18N6O/c1-21-11-5-2-4-10(8-11)17-14(15)16-9-13-19-18-12-6-3-7-20(12)13/h2,4-5,8H,3,6-7,9H2,1H3,(H3,15,16,17). The molecule has 0 spiro atoms. The Morgan fingerprint density at radius 1 is 1.48 bits per heavy atom. The van der Waals surface area contributed by atoms with Gasteiger partial charge in [-0.1, -0.05) is 6.07 Å². The van der Waals surface area contributed by atoms with Crippen molar-refractivity contribution in [1.29, 1.82) is 0 Å². The fourth-order valence-corrected chi connectivity index (χ4v) is 2.37. The lowest BCUT2D eigenvalue weighted by Gasteiger charge is -2.07. The molecule has 0 aliphatic carbocycles. The number of aryl methyl sites for hydroxylation is 1. The number of hydrogen-bond acceptors (Lipinski definition) is 4. The molecule has 1 aromatic heterocycles. The zero-order chi connectivity index (χ0) is 14.7. The Bertz CT molecular complexity index is 663. The summed E-state index contributed by atoms with van der Waals surface area (Å²) in [7, 11) is 1.63. The molecule has 0 bridgehead atoms. The van der Waals surface area contributed by atoms with Gasteiger partial charge in [-0.2, -0.15) is 0 Å². The summed E-state index contributed by atoms with van der Waals surface area (Å²) in [5, 5.41) is 11.3. The minimum Gasteiger partial charge on any atom is -0.497 e. The molecule has 0 saturated heterocycles. The maximum absolute atomic E-state index is 5.90. The second-order valence-electron chi connectivity index (χ2n) is 4.85. The highest BCUT2D eigenvalue weighted by Crippen LogP contribution is 2.17. The van der Waals surface area contributed by atoms with E-state index in [9.17, 15) is 0 Å². The monoisotopic (exact) mass is 286 g/mol. The van der Waals surface area contributed by atoms with Gasteiger partial charge in [0.2, 0.25) is 0 Å². The molecule has 7 nitrogen and oxygen atoms in total. The lowest BCUT2D eigenvalue weighted by molar-refractivity contribution is 0.415. The number of methoxy groups -OCH3 is 1. The number of nitrogens with two attached hydrogens (primary N) is 1. The van der Waals surface area contributed by atoms with Crippen LogP contribution in [0.5, 0.6) is 5.75 Å². The summed E-state index contributed by atoms with van der Waals surface area (Å²) in [6.45, 7) is 1.40. The molecule has 7 heteroatoms. The molecule has 1 aliphatic rings. The molecule has 3 rings (SSSR count). The molecule has 1 aliphatic heterocycles. The van der Waals surface area contributed by atoms with E-state index in [1.165, 1.54) is 0 Å². The Balaban J connectivity index is 1.65. The van der Waals surface area contributed by atoms with Gasteiger partial charge in [0, 0.05) is 24.7 Å². The van der Waals surface area contributed by atoms with Gasteiger partial charge < -0.3 is 20.4 Å². The van der Waals surface area contributed by atoms with Crippen LogP contribution in [0.2, 0.25) is 0 Å². The van der Waals surface area contributed by atoms with E-state index in [4.69, 9.17) is 10.5 Å². The van der Waals surface area contributed by atoms with Crippen LogP contribution in [-0.4, -0.2) is 27.8 Å². The van der Waals surface area contributed by atoms with Gasteiger partial charge in [0.1, 0.15) is 18.1 Å². The molecular weight excluding hydrogens is 268 g/mol. The number of anilines is 1. The van der Waals surface area contributed by atoms with Crippen molar-refractivity contribution in [1.82, 2.24) is 14.8 Å². The van der Waals surface area contributed by atoms with Gasteiger partial charge in [-0.15, -0.1) is 10.2 Å². The Kier molecular flexibility index (Phi) is 3.72. The summed E-state index contributed by atoms with van der Waals surface area (Å²) < 4.78 is 7.28. The molecule has 0 amide bonds. The number of nitrogens with one attached hydrogen (secondary N) is 1. The third-order valence-electron chi connectivity index (χ3n) is 3.42. The lowest BCUT2D eigenvalue weighted by Crippen LogP contribution is -2.22. The molecule has 3 N–H and O–H groups in total. The number of guanidine groups is 1. The zero-order valence-electron chi connectivity index (χ0n) is 11.9. The topological polar surface area (TPSA) is 90.3 Å². The van der Waals surface area contributed by atoms with Crippen LogP contribution in [0.15, 0.2) is 29.3 Å². The summed E-state index contributed by atoms with van der Waals surface area (Å²) in [6.07, 6.45) is 2.12. The highest BCUT2D eigenvalue weighted by Gasteiger charge is 2.16. The molecule has 2 heterocycles. The first-order chi connectivity index (χ1) is 10.3. The number of rotatable bonds is 4. The second-order valence-corrected chi connectivity index (χ2v) is 4.85. The zero-order valence-corrected chi connectivity index (χ0v) is 11.9. The Hall–Kier alpha value is -2.57. The predicted molar refractivity (Wildman–Crippen MR) is 80.3 cm³/mol. The summed E-state index contributed by atoms with van der Waals surface area (Å²) in [4.78, 5) is 4.31. The van der Waals surface area contributed by atoms with Gasteiger partial charge in [0.15, 0.2) is 11.8 Å². The predicted octanol–water partition coefficient (Wildman–Crippen LogP) is 1.16. The van der Waals surface area contributed by atoms with Crippen molar-refractivity contribution in [2.75, 3.05) is 12.4 Å². The van der Waals surface area contributed by atoms with Crippen LogP contribution < -0.4 is 15.8 Å². The summed E-state index contributed by atoms with van der Waals surface area (Å²) in [6, 6.07) is 7.52. The number of hydrogen-bond donors (Lipinski definition) is 2. The van der Waals surface area contributed by atoms with Crippen LogP contribution in [-0.2, 0) is 19.5 Å². The van der Waals surface area contributed by atoms with Crippen molar-refractivity contribution in [3.63, 3.8) is 0 Å². The molecule has 1 aromatic carbocycles. The number of benzene rings is 1. The van der Waals surface area contributed by atoms with Crippen LogP contribution in [0.1, 0.15) is 18.1 Å². The van der Waals surface area contributed by atoms with E-state index in [-0.39, 0.29) is 0 Å². The molecule has 0 fully saturated rings. The van der Waals surface area contributed by atoms with E-state index < -0.39 is 0 Å². The quantitative estimate of drug-likeness (QED) is 0.650. The Morgan fingerprint density at radius 3 is 3.24 bits per heavy atom. The van der Waals surface area contributed by atoms with Gasteiger partial charge in [-0.05, 0) is 18.6 Å². The maximum Gasteiger partial charge on any atom is 0.193 e. The van der Waals surface area contributed by atoms with Gasteiger partial charge in [-0.25, -0.2) is 4.99 Å². The lowest BCUT2D eigenvalue weighted by atomic mass is 10.3. The fourth-order valence-electron chi connectivity index (χ4n) is 2.37. The van der Waals surface area contributed by atoms with Crippen LogP contribution in [0.25, 0.3) is 0 Å². The van der Waals surface area contributed by atoms with Crippen molar-refractivity contribution in [3.05, 3.63) is 35.9 Å². The van der Waals surface area contributed by atoms with E-state index in [2.05, 4.69) is 25.1 Å². The third kappa shape index (κ3) is 2.96. The van der Waals surface area contributed by atoms with Gasteiger partial charge in [0.25, 0.3) is 0 Å². The number of aliphatic imine (C=N–C) groups is 1. The number of nitrogens with zero attached hydrogens (tertiary/aromatic N) is 4.